The van der Waals surface area contributed by atoms with Crippen LogP contribution in [0, 0.1) is 0 Å². The minimum Gasteiger partial charge on any atom is -0.341 e. The molecular weight excluding hydrogens is 383 g/mol. The van der Waals surface area contributed by atoms with Gasteiger partial charge >= 0.3 is 6.18 Å². The van der Waals surface area contributed by atoms with E-state index in [9.17, 15) is 18.0 Å². The van der Waals surface area contributed by atoms with Gasteiger partial charge in [-0.2, -0.15) is 18.2 Å². The molecule has 9 heteroatoms. The fourth-order valence-corrected chi connectivity index (χ4v) is 2.41. The van der Waals surface area contributed by atoms with Gasteiger partial charge in [0.1, 0.15) is 6.04 Å². The molecule has 140 valence electrons. The summed E-state index contributed by atoms with van der Waals surface area (Å²) in [7, 11) is 0. The Bertz CT molecular complexity index is 938. The summed E-state index contributed by atoms with van der Waals surface area (Å²) >= 11 is 5.83. The summed E-state index contributed by atoms with van der Waals surface area (Å²) in [5.41, 5.74) is -0.0421. The summed E-state index contributed by atoms with van der Waals surface area (Å²) in [4.78, 5) is 16.4. The van der Waals surface area contributed by atoms with Crippen molar-refractivity contribution in [3.63, 3.8) is 0 Å². The first kappa shape index (κ1) is 18.9. The Labute approximate surface area is 157 Å². The van der Waals surface area contributed by atoms with Gasteiger partial charge in [-0.25, -0.2) is 0 Å². The lowest BCUT2D eigenvalue weighted by molar-refractivity contribution is -0.137. The van der Waals surface area contributed by atoms with Crippen molar-refractivity contribution < 1.29 is 22.5 Å². The summed E-state index contributed by atoms with van der Waals surface area (Å²) in [5, 5.41) is 7.03. The number of alkyl halides is 3. The fraction of sp³-hybridized carbons (Fsp3) is 0.167. The van der Waals surface area contributed by atoms with Gasteiger partial charge in [-0.1, -0.05) is 16.8 Å². The average Bonchev–Trinajstić information content (AvgIpc) is 3.12. The van der Waals surface area contributed by atoms with E-state index in [0.717, 1.165) is 24.3 Å². The number of hydrogen-bond donors (Lipinski definition) is 1. The second-order valence-corrected chi connectivity index (χ2v) is 6.17. The molecule has 0 radical (unpaired) electrons. The van der Waals surface area contributed by atoms with Crippen LogP contribution >= 0.6 is 11.6 Å². The van der Waals surface area contributed by atoms with Crippen molar-refractivity contribution in [1.82, 2.24) is 15.5 Å². The van der Waals surface area contributed by atoms with Gasteiger partial charge in [0.05, 0.1) is 5.56 Å². The average molecular weight is 396 g/mol. The zero-order valence-corrected chi connectivity index (χ0v) is 14.7. The summed E-state index contributed by atoms with van der Waals surface area (Å²) in [6.45, 7) is 1.63. The number of nitrogens with zero attached hydrogens (tertiary/aromatic N) is 2. The van der Waals surface area contributed by atoms with Crippen LogP contribution in [0.1, 0.15) is 34.8 Å². The first-order valence-electron chi connectivity index (χ1n) is 7.82. The van der Waals surface area contributed by atoms with Crippen LogP contribution in [-0.4, -0.2) is 16.0 Å². The van der Waals surface area contributed by atoms with Gasteiger partial charge in [-0.05, 0) is 55.5 Å². The van der Waals surface area contributed by atoms with Crippen LogP contribution < -0.4 is 5.32 Å². The van der Waals surface area contributed by atoms with Crippen molar-refractivity contribution in [3.8, 4) is 11.4 Å². The van der Waals surface area contributed by atoms with E-state index in [4.69, 9.17) is 16.1 Å². The number of hydrogen-bond acceptors (Lipinski definition) is 4. The molecule has 0 spiro atoms. The van der Waals surface area contributed by atoms with Crippen LogP contribution in [0.15, 0.2) is 53.1 Å². The van der Waals surface area contributed by atoms with E-state index in [0.29, 0.717) is 16.4 Å². The van der Waals surface area contributed by atoms with E-state index < -0.39 is 23.7 Å². The molecule has 0 aliphatic carbocycles. The molecule has 1 heterocycles. The molecule has 1 unspecified atom stereocenters. The van der Waals surface area contributed by atoms with Crippen molar-refractivity contribution in [3.05, 3.63) is 70.6 Å². The maximum atomic E-state index is 12.6. The Kier molecular flexibility index (Phi) is 5.18. The Morgan fingerprint density at radius 2 is 1.74 bits per heavy atom. The summed E-state index contributed by atoms with van der Waals surface area (Å²) in [5.74, 6) is -0.0556. The van der Waals surface area contributed by atoms with Gasteiger partial charge in [-0.15, -0.1) is 0 Å². The molecule has 2 aromatic carbocycles. The molecule has 1 aromatic heterocycles. The van der Waals surface area contributed by atoms with E-state index in [2.05, 4.69) is 15.5 Å². The van der Waals surface area contributed by atoms with Crippen LogP contribution in [0.3, 0.4) is 0 Å². The quantitative estimate of drug-likeness (QED) is 0.682. The Morgan fingerprint density at radius 1 is 1.11 bits per heavy atom. The monoisotopic (exact) mass is 395 g/mol. The van der Waals surface area contributed by atoms with Crippen molar-refractivity contribution in [2.75, 3.05) is 0 Å². The third-order valence-electron chi connectivity index (χ3n) is 3.74. The standard InChI is InChI=1S/C18H13ClF3N3O2/c1-10(17-24-15(25-27-17)11-4-8-14(19)9-5-11)23-16(26)12-2-6-13(7-3-12)18(20,21)22/h2-10H,1H3,(H,23,26). The predicted octanol–water partition coefficient (Wildman–Crippen LogP) is 4.90. The molecule has 0 aliphatic heterocycles. The van der Waals surface area contributed by atoms with Gasteiger partial charge in [0.2, 0.25) is 11.7 Å². The van der Waals surface area contributed by atoms with Crippen molar-refractivity contribution in [2.45, 2.75) is 19.1 Å². The van der Waals surface area contributed by atoms with Crippen molar-refractivity contribution in [1.29, 1.82) is 0 Å². The van der Waals surface area contributed by atoms with Crippen molar-refractivity contribution in [2.24, 2.45) is 0 Å². The summed E-state index contributed by atoms with van der Waals surface area (Å²) < 4.78 is 42.9. The van der Waals surface area contributed by atoms with Crippen LogP contribution in [-0.2, 0) is 6.18 Å². The predicted molar refractivity (Wildman–Crippen MR) is 92.1 cm³/mol. The molecule has 3 aromatic rings. The lowest BCUT2D eigenvalue weighted by Crippen LogP contribution is -2.26. The number of aromatic nitrogens is 2. The van der Waals surface area contributed by atoms with Gasteiger partial charge < -0.3 is 9.84 Å². The zero-order chi connectivity index (χ0) is 19.6. The van der Waals surface area contributed by atoms with Gasteiger partial charge in [0.25, 0.3) is 5.91 Å². The molecule has 0 aliphatic rings. The summed E-state index contributed by atoms with van der Waals surface area (Å²) in [6.07, 6.45) is -4.45. The molecular formula is C18H13ClF3N3O2. The van der Waals surface area contributed by atoms with Gasteiger partial charge in [0.15, 0.2) is 0 Å². The van der Waals surface area contributed by atoms with Gasteiger partial charge in [0, 0.05) is 16.1 Å². The van der Waals surface area contributed by atoms with E-state index in [1.165, 1.54) is 0 Å². The van der Waals surface area contributed by atoms with Crippen molar-refractivity contribution >= 4 is 17.5 Å². The highest BCUT2D eigenvalue weighted by Crippen LogP contribution is 2.29. The number of carbonyl (C=O) groups is 1. The molecule has 1 atom stereocenters. The fourth-order valence-electron chi connectivity index (χ4n) is 2.28. The first-order valence-corrected chi connectivity index (χ1v) is 8.19. The molecule has 0 saturated carbocycles. The molecule has 27 heavy (non-hydrogen) atoms. The minimum atomic E-state index is -4.45. The highest BCUT2D eigenvalue weighted by atomic mass is 35.5. The molecule has 1 amide bonds. The minimum absolute atomic E-state index is 0.0901. The Balaban J connectivity index is 1.69. The normalized spacial score (nSPS) is 12.6. The second kappa shape index (κ2) is 7.40. The SMILES string of the molecule is CC(NC(=O)c1ccc(C(F)(F)F)cc1)c1nc(-c2ccc(Cl)cc2)no1. The molecule has 3 rings (SSSR count). The molecule has 0 saturated heterocycles. The van der Waals surface area contributed by atoms with E-state index in [-0.39, 0.29) is 11.5 Å². The molecule has 0 bridgehead atoms. The van der Waals surface area contributed by atoms with Crippen LogP contribution in [0.25, 0.3) is 11.4 Å². The highest BCUT2D eigenvalue weighted by Gasteiger charge is 2.30. The largest absolute Gasteiger partial charge is 0.416 e. The third-order valence-corrected chi connectivity index (χ3v) is 3.99. The highest BCUT2D eigenvalue weighted by molar-refractivity contribution is 6.30. The van der Waals surface area contributed by atoms with Crippen LogP contribution in [0.4, 0.5) is 13.2 Å². The van der Waals surface area contributed by atoms with E-state index in [1.807, 2.05) is 0 Å². The van der Waals surface area contributed by atoms with Crippen LogP contribution in [0.2, 0.25) is 5.02 Å². The zero-order valence-electron chi connectivity index (χ0n) is 13.9. The maximum absolute atomic E-state index is 12.6. The number of benzene rings is 2. The lowest BCUT2D eigenvalue weighted by atomic mass is 10.1. The first-order chi connectivity index (χ1) is 12.7. The Hall–Kier alpha value is -2.87. The summed E-state index contributed by atoms with van der Waals surface area (Å²) in [6, 6.07) is 10.1. The van der Waals surface area contributed by atoms with E-state index >= 15 is 0 Å². The van der Waals surface area contributed by atoms with Gasteiger partial charge in [-0.3, -0.25) is 4.79 Å². The number of carbonyl (C=O) groups excluding carboxylic acids is 1. The third kappa shape index (κ3) is 4.46. The maximum Gasteiger partial charge on any atom is 0.416 e. The lowest BCUT2D eigenvalue weighted by Gasteiger charge is -2.11. The topological polar surface area (TPSA) is 68.0 Å². The number of halogens is 4. The smallest absolute Gasteiger partial charge is 0.341 e. The number of nitrogens with one attached hydrogen (secondary N) is 1. The van der Waals surface area contributed by atoms with Crippen LogP contribution in [0.5, 0.6) is 0 Å². The van der Waals surface area contributed by atoms with E-state index in [1.54, 1.807) is 31.2 Å². The molecule has 1 N–H and O–H groups in total. The second-order valence-electron chi connectivity index (χ2n) is 5.73. The number of amides is 1. The number of rotatable bonds is 4. The Morgan fingerprint density at radius 3 is 2.33 bits per heavy atom. The molecule has 5 nitrogen and oxygen atoms in total. The molecule has 0 fully saturated rings.